The molecule has 2 rings (SSSR count). The van der Waals surface area contributed by atoms with E-state index < -0.39 is 23.6 Å². The van der Waals surface area contributed by atoms with Crippen molar-refractivity contribution in [3.8, 4) is 0 Å². The van der Waals surface area contributed by atoms with Crippen LogP contribution in [0.5, 0.6) is 0 Å². The minimum absolute atomic E-state index is 0.193. The van der Waals surface area contributed by atoms with Crippen LogP contribution in [0.15, 0.2) is 18.2 Å². The van der Waals surface area contributed by atoms with Gasteiger partial charge in [0.1, 0.15) is 5.92 Å². The highest BCUT2D eigenvalue weighted by atomic mass is 35.5. The second kappa shape index (κ2) is 5.50. The van der Waals surface area contributed by atoms with E-state index in [-0.39, 0.29) is 6.42 Å². The summed E-state index contributed by atoms with van der Waals surface area (Å²) in [7, 11) is 1.44. The van der Waals surface area contributed by atoms with Crippen molar-refractivity contribution in [2.24, 2.45) is 5.92 Å². The molecule has 0 bridgehead atoms. The molecule has 2 N–H and O–H groups in total. The number of carbonyl (C=O) groups is 3. The lowest BCUT2D eigenvalue weighted by molar-refractivity contribution is -0.134. The normalized spacial score (nSPS) is 18.1. The lowest BCUT2D eigenvalue weighted by atomic mass is 10.0. The Morgan fingerprint density at radius 3 is 2.75 bits per heavy atom. The minimum Gasteiger partial charge on any atom is -0.326 e. The first-order valence-electron chi connectivity index (χ1n) is 6.02. The summed E-state index contributed by atoms with van der Waals surface area (Å²) < 4.78 is 0. The van der Waals surface area contributed by atoms with Gasteiger partial charge in [-0.15, -0.1) is 0 Å². The standard InChI is InChI=1S/C13H14ClN3O3/c1-7-3-4-8(14)5-10(7)15-11(18)6-9-12(19)16-17(2)13(9)20/h3-5,9H,6H2,1-2H3,(H,15,18)(H,16,19). The van der Waals surface area contributed by atoms with Gasteiger partial charge in [0.25, 0.3) is 11.8 Å². The quantitative estimate of drug-likeness (QED) is 0.820. The maximum Gasteiger partial charge on any atom is 0.253 e. The van der Waals surface area contributed by atoms with Crippen molar-refractivity contribution in [1.29, 1.82) is 0 Å². The Labute approximate surface area is 121 Å². The summed E-state index contributed by atoms with van der Waals surface area (Å²) in [5.74, 6) is -2.25. The average molecular weight is 296 g/mol. The zero-order valence-corrected chi connectivity index (χ0v) is 11.8. The summed E-state index contributed by atoms with van der Waals surface area (Å²) in [6.45, 7) is 1.83. The summed E-state index contributed by atoms with van der Waals surface area (Å²) in [5, 5.41) is 4.25. The van der Waals surface area contributed by atoms with E-state index in [0.717, 1.165) is 10.6 Å². The van der Waals surface area contributed by atoms with Gasteiger partial charge >= 0.3 is 0 Å². The number of nitrogens with one attached hydrogen (secondary N) is 2. The fourth-order valence-corrected chi connectivity index (χ4v) is 2.11. The van der Waals surface area contributed by atoms with Gasteiger partial charge in [0, 0.05) is 24.2 Å². The molecule has 1 aliphatic heterocycles. The molecule has 1 heterocycles. The van der Waals surface area contributed by atoms with Gasteiger partial charge in [-0.05, 0) is 24.6 Å². The number of hydrogen-bond donors (Lipinski definition) is 2. The molecule has 3 amide bonds. The first-order chi connectivity index (χ1) is 9.38. The van der Waals surface area contributed by atoms with Crippen molar-refractivity contribution in [3.63, 3.8) is 0 Å². The van der Waals surface area contributed by atoms with Crippen LogP contribution in [-0.2, 0) is 14.4 Å². The third-order valence-corrected chi connectivity index (χ3v) is 3.32. The Bertz CT molecular complexity index is 588. The van der Waals surface area contributed by atoms with Crippen molar-refractivity contribution < 1.29 is 14.4 Å². The van der Waals surface area contributed by atoms with E-state index in [9.17, 15) is 14.4 Å². The van der Waals surface area contributed by atoms with Crippen LogP contribution in [0, 0.1) is 12.8 Å². The smallest absolute Gasteiger partial charge is 0.253 e. The van der Waals surface area contributed by atoms with Crippen LogP contribution in [0.3, 0.4) is 0 Å². The molecule has 0 saturated carbocycles. The summed E-state index contributed by atoms with van der Waals surface area (Å²) >= 11 is 5.86. The van der Waals surface area contributed by atoms with Gasteiger partial charge in [0.2, 0.25) is 5.91 Å². The number of carbonyl (C=O) groups excluding carboxylic acids is 3. The van der Waals surface area contributed by atoms with E-state index >= 15 is 0 Å². The molecule has 0 spiro atoms. The number of hydrazine groups is 1. The molecular weight excluding hydrogens is 282 g/mol. The first-order valence-corrected chi connectivity index (χ1v) is 6.40. The number of nitrogens with zero attached hydrogens (tertiary/aromatic N) is 1. The number of amides is 3. The topological polar surface area (TPSA) is 78.5 Å². The lowest BCUT2D eigenvalue weighted by Gasteiger charge is -2.10. The van der Waals surface area contributed by atoms with E-state index in [0.29, 0.717) is 10.7 Å². The van der Waals surface area contributed by atoms with Crippen LogP contribution < -0.4 is 10.7 Å². The third kappa shape index (κ3) is 2.91. The molecule has 1 unspecified atom stereocenters. The summed E-state index contributed by atoms with van der Waals surface area (Å²) in [6.07, 6.45) is -0.193. The van der Waals surface area contributed by atoms with Gasteiger partial charge in [-0.1, -0.05) is 17.7 Å². The Morgan fingerprint density at radius 1 is 1.45 bits per heavy atom. The highest BCUT2D eigenvalue weighted by Gasteiger charge is 2.38. The van der Waals surface area contributed by atoms with Gasteiger partial charge in [-0.25, -0.2) is 0 Å². The van der Waals surface area contributed by atoms with Crippen LogP contribution in [0.25, 0.3) is 0 Å². The minimum atomic E-state index is -0.973. The molecule has 20 heavy (non-hydrogen) atoms. The maximum atomic E-state index is 11.9. The molecule has 0 radical (unpaired) electrons. The maximum absolute atomic E-state index is 11.9. The molecule has 1 aromatic carbocycles. The van der Waals surface area contributed by atoms with Crippen molar-refractivity contribution in [3.05, 3.63) is 28.8 Å². The lowest BCUT2D eigenvalue weighted by Crippen LogP contribution is -2.31. The number of benzene rings is 1. The first kappa shape index (κ1) is 14.3. The molecule has 7 heteroatoms. The van der Waals surface area contributed by atoms with Crippen molar-refractivity contribution >= 4 is 35.0 Å². The largest absolute Gasteiger partial charge is 0.326 e. The van der Waals surface area contributed by atoms with Gasteiger partial charge in [0.05, 0.1) is 0 Å². The van der Waals surface area contributed by atoms with Gasteiger partial charge in [0.15, 0.2) is 0 Å². The predicted molar refractivity (Wildman–Crippen MR) is 73.8 cm³/mol. The van der Waals surface area contributed by atoms with E-state index in [4.69, 9.17) is 11.6 Å². The van der Waals surface area contributed by atoms with Crippen LogP contribution in [0.4, 0.5) is 5.69 Å². The number of aryl methyl sites for hydroxylation is 1. The van der Waals surface area contributed by atoms with Gasteiger partial charge in [-0.3, -0.25) is 24.8 Å². The zero-order chi connectivity index (χ0) is 14.9. The van der Waals surface area contributed by atoms with E-state index in [1.807, 2.05) is 6.92 Å². The van der Waals surface area contributed by atoms with Crippen molar-refractivity contribution in [2.75, 3.05) is 12.4 Å². The third-order valence-electron chi connectivity index (χ3n) is 3.09. The van der Waals surface area contributed by atoms with E-state index in [2.05, 4.69) is 10.7 Å². The Hall–Kier alpha value is -2.08. The Balaban J connectivity index is 2.04. The van der Waals surface area contributed by atoms with Gasteiger partial charge in [-0.2, -0.15) is 0 Å². The summed E-state index contributed by atoms with van der Waals surface area (Å²) in [5.41, 5.74) is 3.77. The second-order valence-corrected chi connectivity index (χ2v) is 5.07. The molecule has 106 valence electrons. The molecule has 1 aliphatic rings. The molecule has 1 saturated heterocycles. The van der Waals surface area contributed by atoms with Crippen molar-refractivity contribution in [2.45, 2.75) is 13.3 Å². The number of hydrogen-bond acceptors (Lipinski definition) is 3. The number of anilines is 1. The van der Waals surface area contributed by atoms with Crippen molar-refractivity contribution in [1.82, 2.24) is 10.4 Å². The fraction of sp³-hybridized carbons (Fsp3) is 0.308. The Kier molecular flexibility index (Phi) is 3.94. The fourth-order valence-electron chi connectivity index (χ4n) is 1.94. The monoisotopic (exact) mass is 295 g/mol. The molecule has 0 aromatic heterocycles. The predicted octanol–water partition coefficient (Wildman–Crippen LogP) is 1.10. The highest BCUT2D eigenvalue weighted by molar-refractivity contribution is 6.31. The number of rotatable bonds is 3. The van der Waals surface area contributed by atoms with E-state index in [1.54, 1.807) is 18.2 Å². The Morgan fingerprint density at radius 2 is 2.15 bits per heavy atom. The molecular formula is C13H14ClN3O3. The van der Waals surface area contributed by atoms with Crippen LogP contribution in [0.1, 0.15) is 12.0 Å². The van der Waals surface area contributed by atoms with Crippen LogP contribution in [-0.4, -0.2) is 29.8 Å². The van der Waals surface area contributed by atoms with Gasteiger partial charge < -0.3 is 5.32 Å². The SMILES string of the molecule is Cc1ccc(Cl)cc1NC(=O)CC1C(=O)NN(C)C1=O. The molecule has 0 aliphatic carbocycles. The van der Waals surface area contributed by atoms with E-state index in [1.165, 1.54) is 7.05 Å². The highest BCUT2D eigenvalue weighted by Crippen LogP contribution is 2.21. The second-order valence-electron chi connectivity index (χ2n) is 4.64. The zero-order valence-electron chi connectivity index (χ0n) is 11.1. The molecule has 1 atom stereocenters. The van der Waals surface area contributed by atoms with Crippen LogP contribution in [0.2, 0.25) is 5.02 Å². The van der Waals surface area contributed by atoms with Crippen LogP contribution >= 0.6 is 11.6 Å². The molecule has 1 fully saturated rings. The molecule has 6 nitrogen and oxygen atoms in total. The summed E-state index contributed by atoms with van der Waals surface area (Å²) in [4.78, 5) is 35.1. The summed E-state index contributed by atoms with van der Waals surface area (Å²) in [6, 6.07) is 5.12. The average Bonchev–Trinajstić information content (AvgIpc) is 2.61. The number of halogens is 1. The molecule has 1 aromatic rings.